The summed E-state index contributed by atoms with van der Waals surface area (Å²) in [7, 11) is -3.80. The first-order valence-electron chi connectivity index (χ1n) is 10.9. The molecule has 196 valence electrons. The van der Waals surface area contributed by atoms with Crippen LogP contribution in [-0.4, -0.2) is 60.3 Å². The second-order valence-electron chi connectivity index (χ2n) is 8.87. The Balaban J connectivity index is 1.66. The monoisotopic (exact) mass is 537 g/mol. The van der Waals surface area contributed by atoms with E-state index < -0.39 is 51.1 Å². The Bertz CT molecular complexity index is 1300. The minimum Gasteiger partial charge on any atom is -0.480 e. The van der Waals surface area contributed by atoms with Gasteiger partial charge in [0.1, 0.15) is 17.3 Å². The summed E-state index contributed by atoms with van der Waals surface area (Å²) in [5.74, 6) is -1.87. The van der Waals surface area contributed by atoms with Gasteiger partial charge >= 0.3 is 12.4 Å². The second-order valence-corrected chi connectivity index (χ2v) is 11.1. The maximum absolute atomic E-state index is 13.4. The van der Waals surface area contributed by atoms with Crippen LogP contribution in [0.2, 0.25) is 0 Å². The SMILES string of the molecule is CCS(=O)(=O)c1ccc(O[C@H](C)C(F)(F)F)c(C(=O)N2CC3C[C@]3(c3nccc(C(F)(F)F)n3)C2)c1. The van der Waals surface area contributed by atoms with Crippen molar-refractivity contribution in [1.82, 2.24) is 14.9 Å². The summed E-state index contributed by atoms with van der Waals surface area (Å²) in [5.41, 5.74) is -2.42. The lowest BCUT2D eigenvalue weighted by Gasteiger charge is -2.24. The third kappa shape index (κ3) is 4.74. The first-order valence-corrected chi connectivity index (χ1v) is 12.5. The zero-order valence-corrected chi connectivity index (χ0v) is 19.8. The Labute approximate surface area is 202 Å². The molecule has 1 aromatic carbocycles. The molecule has 1 amide bonds. The molecule has 1 aliphatic heterocycles. The normalized spacial score (nSPS) is 22.8. The number of hydrogen-bond donors (Lipinski definition) is 0. The molecule has 2 fully saturated rings. The van der Waals surface area contributed by atoms with E-state index >= 15 is 0 Å². The van der Waals surface area contributed by atoms with E-state index in [0.717, 1.165) is 37.4 Å². The van der Waals surface area contributed by atoms with Crippen LogP contribution in [0.5, 0.6) is 5.75 Å². The van der Waals surface area contributed by atoms with Crippen molar-refractivity contribution in [3.8, 4) is 5.75 Å². The predicted molar refractivity (Wildman–Crippen MR) is 113 cm³/mol. The van der Waals surface area contributed by atoms with E-state index in [1.807, 2.05) is 0 Å². The number of fused-ring (bicyclic) bond motifs is 1. The zero-order chi connectivity index (χ0) is 26.7. The number of nitrogens with zero attached hydrogens (tertiary/aromatic N) is 3. The van der Waals surface area contributed by atoms with Gasteiger partial charge in [-0.3, -0.25) is 4.79 Å². The van der Waals surface area contributed by atoms with Crippen molar-refractivity contribution >= 4 is 15.7 Å². The number of likely N-dealkylation sites (tertiary alicyclic amines) is 1. The highest BCUT2D eigenvalue weighted by Crippen LogP contribution is 2.58. The molecule has 0 N–H and O–H groups in total. The summed E-state index contributed by atoms with van der Waals surface area (Å²) in [6.07, 6.45) is -10.3. The Morgan fingerprint density at radius 3 is 2.53 bits per heavy atom. The number of benzene rings is 1. The molecule has 36 heavy (non-hydrogen) atoms. The van der Waals surface area contributed by atoms with Crippen molar-refractivity contribution in [2.45, 2.75) is 49.0 Å². The number of ether oxygens (including phenoxy) is 1. The van der Waals surface area contributed by atoms with Gasteiger partial charge in [0.25, 0.3) is 5.91 Å². The Kier molecular flexibility index (Phi) is 6.25. The number of rotatable bonds is 6. The lowest BCUT2D eigenvalue weighted by Crippen LogP contribution is -2.35. The Hall–Kier alpha value is -2.90. The number of sulfone groups is 1. The van der Waals surface area contributed by atoms with Crippen LogP contribution >= 0.6 is 0 Å². The minimum absolute atomic E-state index is 0.0675. The van der Waals surface area contributed by atoms with Crippen LogP contribution in [0, 0.1) is 5.92 Å². The third-order valence-corrected chi connectivity index (χ3v) is 8.24. The van der Waals surface area contributed by atoms with Crippen LogP contribution in [0.3, 0.4) is 0 Å². The van der Waals surface area contributed by atoms with Gasteiger partial charge in [0.2, 0.25) is 0 Å². The summed E-state index contributed by atoms with van der Waals surface area (Å²) in [4.78, 5) is 22.0. The number of aromatic nitrogens is 2. The molecule has 0 bridgehead atoms. The molecule has 14 heteroatoms. The van der Waals surface area contributed by atoms with E-state index in [9.17, 15) is 39.6 Å². The number of alkyl halides is 6. The van der Waals surface area contributed by atoms with E-state index in [1.165, 1.54) is 11.8 Å². The van der Waals surface area contributed by atoms with Gasteiger partial charge < -0.3 is 9.64 Å². The van der Waals surface area contributed by atoms with E-state index in [1.54, 1.807) is 0 Å². The van der Waals surface area contributed by atoms with Crippen LogP contribution in [0.25, 0.3) is 0 Å². The lowest BCUT2D eigenvalue weighted by atomic mass is 10.1. The standard InChI is InChI=1S/C22H21F6N3O4S/c1-3-36(33,34)14-4-5-16(35-12(2)21(23,24)25)15(8-14)18(32)31-10-13-9-20(13,11-31)19-29-7-6-17(30-19)22(26,27)28/h4-8,12-13H,3,9-11H2,1-2H3/t12-,13?,20+/m1/s1. The van der Waals surface area contributed by atoms with Crippen molar-refractivity contribution in [3.05, 3.63) is 47.5 Å². The van der Waals surface area contributed by atoms with Gasteiger partial charge in [-0.1, -0.05) is 6.92 Å². The maximum atomic E-state index is 13.4. The molecule has 0 radical (unpaired) electrons. The van der Waals surface area contributed by atoms with Gasteiger partial charge in [-0.05, 0) is 43.5 Å². The third-order valence-electron chi connectivity index (χ3n) is 6.51. The van der Waals surface area contributed by atoms with E-state index in [4.69, 9.17) is 4.74 Å². The molecule has 1 unspecified atom stereocenters. The molecule has 2 aromatic rings. The molecule has 1 saturated heterocycles. The van der Waals surface area contributed by atoms with Gasteiger partial charge in [-0.25, -0.2) is 18.4 Å². The number of carbonyl (C=O) groups is 1. The molecular weight excluding hydrogens is 516 g/mol. The van der Waals surface area contributed by atoms with Crippen molar-refractivity contribution in [3.63, 3.8) is 0 Å². The fourth-order valence-electron chi connectivity index (χ4n) is 4.31. The molecule has 1 saturated carbocycles. The molecule has 3 atom stereocenters. The van der Waals surface area contributed by atoms with Gasteiger partial charge in [0.05, 0.1) is 21.6 Å². The average molecular weight is 537 g/mol. The first kappa shape index (κ1) is 26.2. The molecule has 0 spiro atoms. The molecule has 2 heterocycles. The van der Waals surface area contributed by atoms with Crippen LogP contribution < -0.4 is 4.74 Å². The predicted octanol–water partition coefficient (Wildman–Crippen LogP) is 4.03. The van der Waals surface area contributed by atoms with Gasteiger partial charge in [0, 0.05) is 19.3 Å². The Morgan fingerprint density at radius 2 is 1.92 bits per heavy atom. The number of amides is 1. The van der Waals surface area contributed by atoms with Crippen LogP contribution in [0.4, 0.5) is 26.3 Å². The zero-order valence-electron chi connectivity index (χ0n) is 19.0. The van der Waals surface area contributed by atoms with Crippen molar-refractivity contribution in [2.24, 2.45) is 5.92 Å². The summed E-state index contributed by atoms with van der Waals surface area (Å²) in [6, 6.07) is 3.77. The van der Waals surface area contributed by atoms with Gasteiger partial charge in [-0.15, -0.1) is 0 Å². The highest BCUT2D eigenvalue weighted by molar-refractivity contribution is 7.91. The molecule has 2 aliphatic rings. The number of hydrogen-bond acceptors (Lipinski definition) is 6. The second kappa shape index (κ2) is 8.60. The van der Waals surface area contributed by atoms with Crippen LogP contribution in [0.1, 0.15) is 42.1 Å². The summed E-state index contributed by atoms with van der Waals surface area (Å²) in [5, 5.41) is 0. The first-order chi connectivity index (χ1) is 16.6. The van der Waals surface area contributed by atoms with E-state index in [2.05, 4.69) is 9.97 Å². The molecule has 1 aromatic heterocycles. The van der Waals surface area contributed by atoms with Gasteiger partial charge in [0.15, 0.2) is 15.9 Å². The lowest BCUT2D eigenvalue weighted by molar-refractivity contribution is -0.189. The highest BCUT2D eigenvalue weighted by atomic mass is 32.2. The molecular formula is C22H21F6N3O4S. The summed E-state index contributed by atoms with van der Waals surface area (Å²) in [6.45, 7) is 2.14. The molecule has 1 aliphatic carbocycles. The van der Waals surface area contributed by atoms with E-state index in [0.29, 0.717) is 6.42 Å². The number of halogens is 6. The van der Waals surface area contributed by atoms with Crippen LogP contribution in [0.15, 0.2) is 35.4 Å². The largest absolute Gasteiger partial charge is 0.480 e. The summed E-state index contributed by atoms with van der Waals surface area (Å²) < 4.78 is 108. The van der Waals surface area contributed by atoms with Crippen molar-refractivity contribution in [1.29, 1.82) is 0 Å². The Morgan fingerprint density at radius 1 is 1.22 bits per heavy atom. The van der Waals surface area contributed by atoms with Gasteiger partial charge in [-0.2, -0.15) is 26.3 Å². The maximum Gasteiger partial charge on any atom is 0.433 e. The van der Waals surface area contributed by atoms with Crippen molar-refractivity contribution in [2.75, 3.05) is 18.8 Å². The smallest absolute Gasteiger partial charge is 0.433 e. The number of carbonyl (C=O) groups excluding carboxylic acids is 1. The number of piperidine rings is 1. The quantitative estimate of drug-likeness (QED) is 0.517. The minimum atomic E-state index is -4.74. The van der Waals surface area contributed by atoms with Crippen LogP contribution in [-0.2, 0) is 21.4 Å². The fourth-order valence-corrected chi connectivity index (χ4v) is 5.21. The van der Waals surface area contributed by atoms with E-state index in [-0.39, 0.29) is 41.0 Å². The topological polar surface area (TPSA) is 89.5 Å². The molecule has 7 nitrogen and oxygen atoms in total. The van der Waals surface area contributed by atoms with Crippen molar-refractivity contribution < 1.29 is 44.3 Å². The highest BCUT2D eigenvalue weighted by Gasteiger charge is 2.64. The average Bonchev–Trinajstić information content (AvgIpc) is 3.38. The fraction of sp³-hybridized carbons (Fsp3) is 0.500. The summed E-state index contributed by atoms with van der Waals surface area (Å²) >= 11 is 0. The molecule has 4 rings (SSSR count).